The van der Waals surface area contributed by atoms with Gasteiger partial charge >= 0.3 is 0 Å². The molecule has 1 aliphatic rings. The molecule has 2 aromatic rings. The third-order valence-corrected chi connectivity index (χ3v) is 7.71. The summed E-state index contributed by atoms with van der Waals surface area (Å²) in [4.78, 5) is 26.5. The van der Waals surface area contributed by atoms with Gasteiger partial charge in [0.2, 0.25) is 10.0 Å². The molecule has 0 aliphatic carbocycles. The lowest BCUT2D eigenvalue weighted by molar-refractivity contribution is -0.134. The molecule has 2 amide bonds. The van der Waals surface area contributed by atoms with E-state index in [9.17, 15) is 18.0 Å². The van der Waals surface area contributed by atoms with Gasteiger partial charge in [-0.3, -0.25) is 14.8 Å². The highest BCUT2D eigenvalue weighted by Gasteiger charge is 2.41. The quantitative estimate of drug-likeness (QED) is 0.321. The van der Waals surface area contributed by atoms with Crippen LogP contribution in [0.3, 0.4) is 0 Å². The second kappa shape index (κ2) is 9.08. The minimum atomic E-state index is -4.00. The third-order valence-electron chi connectivity index (χ3n) is 4.54. The second-order valence-electron chi connectivity index (χ2n) is 6.32. The number of halogens is 2. The first-order chi connectivity index (χ1) is 13.7. The molecule has 3 rings (SSSR count). The van der Waals surface area contributed by atoms with Crippen molar-refractivity contribution in [1.29, 1.82) is 0 Å². The van der Waals surface area contributed by atoms with Gasteiger partial charge in [0.15, 0.2) is 0 Å². The molecule has 0 saturated carbocycles. The maximum atomic E-state index is 13.1. The van der Waals surface area contributed by atoms with Gasteiger partial charge < -0.3 is 4.90 Å². The average molecular weight is 594 g/mol. The summed E-state index contributed by atoms with van der Waals surface area (Å²) in [5, 5.41) is 9.12. The fraction of sp³-hybridized carbons (Fsp3) is 0.222. The molecule has 2 N–H and O–H groups in total. The van der Waals surface area contributed by atoms with Crippen LogP contribution >= 0.6 is 38.5 Å². The van der Waals surface area contributed by atoms with Crippen LogP contribution in [0.25, 0.3) is 0 Å². The Morgan fingerprint density at radius 2 is 1.69 bits per heavy atom. The normalized spacial score (nSPS) is 17.8. The molecule has 1 saturated heterocycles. The van der Waals surface area contributed by atoms with Crippen molar-refractivity contribution in [3.63, 3.8) is 0 Å². The van der Waals surface area contributed by atoms with Crippen molar-refractivity contribution in [2.24, 2.45) is 0 Å². The lowest BCUT2D eigenvalue weighted by atomic mass is 10.1. The number of hydroxylamine groups is 1. The van der Waals surface area contributed by atoms with E-state index in [4.69, 9.17) is 5.21 Å². The van der Waals surface area contributed by atoms with Crippen molar-refractivity contribution in [3.05, 3.63) is 62.1 Å². The summed E-state index contributed by atoms with van der Waals surface area (Å²) in [6.07, 6.45) is 0. The van der Waals surface area contributed by atoms with Crippen molar-refractivity contribution in [3.8, 4) is 0 Å². The van der Waals surface area contributed by atoms with Crippen molar-refractivity contribution in [1.82, 2.24) is 14.7 Å². The van der Waals surface area contributed by atoms with Crippen LogP contribution in [-0.4, -0.2) is 60.3 Å². The standard InChI is InChI=1S/C18H17BrIN3O5S/c19-13-3-7-15(8-4-13)29(27,28)23-10-9-22(11-16(23)17(24)21-26)18(25)12-1-5-14(20)6-2-12/h1-8,16,26H,9-11H2,(H,21,24). The number of benzene rings is 2. The van der Waals surface area contributed by atoms with Crippen molar-refractivity contribution < 1.29 is 23.2 Å². The van der Waals surface area contributed by atoms with Crippen LogP contribution in [0.5, 0.6) is 0 Å². The molecule has 154 valence electrons. The Morgan fingerprint density at radius 3 is 2.28 bits per heavy atom. The van der Waals surface area contributed by atoms with E-state index in [1.807, 2.05) is 0 Å². The van der Waals surface area contributed by atoms with Crippen LogP contribution in [0.15, 0.2) is 57.9 Å². The van der Waals surface area contributed by atoms with Gasteiger partial charge in [0.1, 0.15) is 6.04 Å². The number of piperazine rings is 1. The Hall–Kier alpha value is -1.54. The number of carbonyl (C=O) groups excluding carboxylic acids is 2. The first-order valence-corrected chi connectivity index (χ1v) is 11.8. The number of amides is 2. The topological polar surface area (TPSA) is 107 Å². The number of hydrogen-bond acceptors (Lipinski definition) is 5. The van der Waals surface area contributed by atoms with Crippen LogP contribution in [0.1, 0.15) is 10.4 Å². The van der Waals surface area contributed by atoms with E-state index in [-0.39, 0.29) is 30.4 Å². The summed E-state index contributed by atoms with van der Waals surface area (Å²) in [7, 11) is -4.00. The smallest absolute Gasteiger partial charge is 0.263 e. The fourth-order valence-corrected chi connectivity index (χ4v) is 5.24. The number of carbonyl (C=O) groups is 2. The molecular formula is C18H17BrIN3O5S. The molecule has 1 aliphatic heterocycles. The zero-order valence-corrected chi connectivity index (χ0v) is 19.5. The molecule has 0 radical (unpaired) electrons. The van der Waals surface area contributed by atoms with Crippen molar-refractivity contribution in [2.75, 3.05) is 19.6 Å². The number of nitrogens with zero attached hydrogens (tertiary/aromatic N) is 2. The zero-order valence-electron chi connectivity index (χ0n) is 15.0. The van der Waals surface area contributed by atoms with E-state index in [0.29, 0.717) is 10.0 Å². The molecule has 0 spiro atoms. The second-order valence-corrected chi connectivity index (χ2v) is 10.4. The molecule has 8 nitrogen and oxygen atoms in total. The van der Waals surface area contributed by atoms with Gasteiger partial charge in [0.25, 0.3) is 11.8 Å². The molecule has 1 atom stereocenters. The van der Waals surface area contributed by atoms with E-state index < -0.39 is 22.0 Å². The van der Waals surface area contributed by atoms with Gasteiger partial charge in [0.05, 0.1) is 4.90 Å². The number of hydrogen-bond donors (Lipinski definition) is 2. The Bertz CT molecular complexity index is 1010. The van der Waals surface area contributed by atoms with Crippen LogP contribution in [0.4, 0.5) is 0 Å². The van der Waals surface area contributed by atoms with E-state index in [1.54, 1.807) is 36.4 Å². The van der Waals surface area contributed by atoms with Crippen LogP contribution in [-0.2, 0) is 14.8 Å². The monoisotopic (exact) mass is 593 g/mol. The van der Waals surface area contributed by atoms with Crippen molar-refractivity contribution in [2.45, 2.75) is 10.9 Å². The fourth-order valence-electron chi connectivity index (χ4n) is 3.04. The maximum absolute atomic E-state index is 13.1. The molecule has 1 heterocycles. The van der Waals surface area contributed by atoms with E-state index in [2.05, 4.69) is 38.5 Å². The van der Waals surface area contributed by atoms with Crippen molar-refractivity contribution >= 4 is 60.4 Å². The molecule has 0 aromatic heterocycles. The van der Waals surface area contributed by atoms with Gasteiger partial charge in [-0.05, 0) is 71.1 Å². The Kier molecular flexibility index (Phi) is 6.94. The summed E-state index contributed by atoms with van der Waals surface area (Å²) in [5.74, 6) is -1.20. The SMILES string of the molecule is O=C(NO)C1CN(C(=O)c2ccc(I)cc2)CCN1S(=O)(=O)c1ccc(Br)cc1. The third kappa shape index (κ3) is 4.79. The van der Waals surface area contributed by atoms with E-state index in [1.165, 1.54) is 22.5 Å². The zero-order chi connectivity index (χ0) is 21.2. The summed E-state index contributed by atoms with van der Waals surface area (Å²) in [5.41, 5.74) is 1.95. The van der Waals surface area contributed by atoms with Gasteiger partial charge in [0, 0.05) is 33.2 Å². The largest absolute Gasteiger partial charge is 0.335 e. The molecule has 1 unspecified atom stereocenters. The highest BCUT2D eigenvalue weighted by atomic mass is 127. The van der Waals surface area contributed by atoms with Gasteiger partial charge in [-0.1, -0.05) is 15.9 Å². The minimum Gasteiger partial charge on any atom is -0.335 e. The first-order valence-electron chi connectivity index (χ1n) is 8.50. The molecule has 1 fully saturated rings. The first kappa shape index (κ1) is 22.2. The van der Waals surface area contributed by atoms with E-state index in [0.717, 1.165) is 7.88 Å². The van der Waals surface area contributed by atoms with Crippen LogP contribution < -0.4 is 5.48 Å². The molecule has 29 heavy (non-hydrogen) atoms. The minimum absolute atomic E-state index is 0.0221. The van der Waals surface area contributed by atoms with Gasteiger partial charge in [-0.25, -0.2) is 13.9 Å². The van der Waals surface area contributed by atoms with E-state index >= 15 is 0 Å². The molecule has 0 bridgehead atoms. The average Bonchev–Trinajstić information content (AvgIpc) is 2.73. The number of sulfonamides is 1. The summed E-state index contributed by atoms with van der Waals surface area (Å²) in [6, 6.07) is 11.7. The Labute approximate surface area is 190 Å². The predicted molar refractivity (Wildman–Crippen MR) is 117 cm³/mol. The highest BCUT2D eigenvalue weighted by Crippen LogP contribution is 2.24. The Morgan fingerprint density at radius 1 is 1.07 bits per heavy atom. The summed E-state index contributed by atoms with van der Waals surface area (Å²) < 4.78 is 28.8. The summed E-state index contributed by atoms with van der Waals surface area (Å²) in [6.45, 7) is -0.130. The lowest BCUT2D eigenvalue weighted by Crippen LogP contribution is -2.61. The van der Waals surface area contributed by atoms with Crippen LogP contribution in [0.2, 0.25) is 0 Å². The van der Waals surface area contributed by atoms with Gasteiger partial charge in [-0.2, -0.15) is 4.31 Å². The molecular weight excluding hydrogens is 577 g/mol. The number of nitrogens with one attached hydrogen (secondary N) is 1. The maximum Gasteiger partial charge on any atom is 0.263 e. The summed E-state index contributed by atoms with van der Waals surface area (Å²) >= 11 is 5.38. The Balaban J connectivity index is 1.87. The number of rotatable bonds is 4. The van der Waals surface area contributed by atoms with Crippen LogP contribution in [0, 0.1) is 3.57 Å². The molecule has 11 heteroatoms. The van der Waals surface area contributed by atoms with Gasteiger partial charge in [-0.15, -0.1) is 0 Å². The lowest BCUT2D eigenvalue weighted by Gasteiger charge is -2.39. The highest BCUT2D eigenvalue weighted by molar-refractivity contribution is 14.1. The predicted octanol–water partition coefficient (Wildman–Crippen LogP) is 2.07. The molecule has 2 aromatic carbocycles.